The maximum Gasteiger partial charge on any atom is 0.332 e. The van der Waals surface area contributed by atoms with Crippen molar-refractivity contribution in [3.05, 3.63) is 23.8 Å². The van der Waals surface area contributed by atoms with E-state index in [9.17, 15) is 18.0 Å². The zero-order chi connectivity index (χ0) is 15.9. The van der Waals surface area contributed by atoms with Crippen LogP contribution in [0.3, 0.4) is 0 Å². The number of hydrogen-bond donors (Lipinski definition) is 2. The number of sulfone groups is 1. The monoisotopic (exact) mass is 325 g/mol. The van der Waals surface area contributed by atoms with E-state index in [2.05, 4.69) is 5.32 Å². The SMILES string of the molecule is O=C(Nc1ccc2c(c1)S(=O)(=O)CC2)[C@@H]1CC[C@H](C(=O)O)O1. The number of carboxylic acids is 1. The van der Waals surface area contributed by atoms with Crippen LogP contribution in [0.1, 0.15) is 18.4 Å². The van der Waals surface area contributed by atoms with Crippen LogP contribution in [0.4, 0.5) is 5.69 Å². The van der Waals surface area contributed by atoms with E-state index < -0.39 is 33.9 Å². The van der Waals surface area contributed by atoms with Gasteiger partial charge < -0.3 is 15.2 Å². The summed E-state index contributed by atoms with van der Waals surface area (Å²) in [6.07, 6.45) is -0.697. The molecule has 3 rings (SSSR count). The minimum Gasteiger partial charge on any atom is -0.479 e. The van der Waals surface area contributed by atoms with Gasteiger partial charge in [0.25, 0.3) is 5.91 Å². The highest BCUT2D eigenvalue weighted by Gasteiger charge is 2.35. The van der Waals surface area contributed by atoms with Crippen LogP contribution in [0.2, 0.25) is 0 Å². The Bertz CT molecular complexity index is 742. The summed E-state index contributed by atoms with van der Waals surface area (Å²) in [6, 6.07) is 4.77. The van der Waals surface area contributed by atoms with E-state index in [1.807, 2.05) is 0 Å². The summed E-state index contributed by atoms with van der Waals surface area (Å²) in [5.74, 6) is -1.45. The maximum absolute atomic E-state index is 12.1. The molecule has 1 aromatic carbocycles. The van der Waals surface area contributed by atoms with Gasteiger partial charge in [0.2, 0.25) is 0 Å². The van der Waals surface area contributed by atoms with Crippen molar-refractivity contribution in [3.63, 3.8) is 0 Å². The molecule has 2 heterocycles. The van der Waals surface area contributed by atoms with Gasteiger partial charge in [-0.3, -0.25) is 4.79 Å². The van der Waals surface area contributed by atoms with Crippen LogP contribution in [0.5, 0.6) is 0 Å². The van der Waals surface area contributed by atoms with Crippen molar-refractivity contribution >= 4 is 27.4 Å². The van der Waals surface area contributed by atoms with Crippen LogP contribution < -0.4 is 5.32 Å². The highest BCUT2D eigenvalue weighted by Crippen LogP contribution is 2.29. The van der Waals surface area contributed by atoms with E-state index in [1.54, 1.807) is 12.1 Å². The molecule has 0 unspecified atom stereocenters. The van der Waals surface area contributed by atoms with Gasteiger partial charge >= 0.3 is 5.97 Å². The molecule has 8 heteroatoms. The first-order chi connectivity index (χ1) is 10.4. The van der Waals surface area contributed by atoms with E-state index in [4.69, 9.17) is 9.84 Å². The highest BCUT2D eigenvalue weighted by atomic mass is 32.2. The van der Waals surface area contributed by atoms with Crippen LogP contribution in [0.15, 0.2) is 23.1 Å². The number of fused-ring (bicyclic) bond motifs is 1. The molecular formula is C14H15NO6S. The average Bonchev–Trinajstić information content (AvgIpc) is 3.05. The van der Waals surface area contributed by atoms with Crippen LogP contribution in [-0.2, 0) is 30.6 Å². The first-order valence-electron chi connectivity index (χ1n) is 6.91. The summed E-state index contributed by atoms with van der Waals surface area (Å²) in [5, 5.41) is 11.4. The number of benzene rings is 1. The highest BCUT2D eigenvalue weighted by molar-refractivity contribution is 7.91. The number of rotatable bonds is 3. The van der Waals surface area contributed by atoms with E-state index >= 15 is 0 Å². The second-order valence-corrected chi connectivity index (χ2v) is 7.49. The van der Waals surface area contributed by atoms with Crippen molar-refractivity contribution in [3.8, 4) is 0 Å². The number of hydrogen-bond acceptors (Lipinski definition) is 5. The van der Waals surface area contributed by atoms with Crippen molar-refractivity contribution in [2.45, 2.75) is 36.4 Å². The number of aryl methyl sites for hydroxylation is 1. The quantitative estimate of drug-likeness (QED) is 0.841. The molecule has 2 N–H and O–H groups in total. The number of carbonyl (C=O) groups is 2. The zero-order valence-corrected chi connectivity index (χ0v) is 12.4. The molecule has 0 aliphatic carbocycles. The fourth-order valence-corrected chi connectivity index (χ4v) is 4.30. The van der Waals surface area contributed by atoms with E-state index in [-0.39, 0.29) is 17.1 Å². The molecule has 0 radical (unpaired) electrons. The van der Waals surface area contributed by atoms with Crippen LogP contribution in [0, 0.1) is 0 Å². The molecule has 1 saturated heterocycles. The molecule has 1 fully saturated rings. The Labute approximate surface area is 127 Å². The van der Waals surface area contributed by atoms with Gasteiger partial charge in [0, 0.05) is 5.69 Å². The first-order valence-corrected chi connectivity index (χ1v) is 8.57. The van der Waals surface area contributed by atoms with Crippen molar-refractivity contribution < 1.29 is 27.9 Å². The van der Waals surface area contributed by atoms with E-state index in [0.717, 1.165) is 5.56 Å². The Morgan fingerprint density at radius 1 is 1.23 bits per heavy atom. The lowest BCUT2D eigenvalue weighted by molar-refractivity contribution is -0.150. The standard InChI is InChI=1S/C14H15NO6S/c16-13(10-3-4-11(21-10)14(17)18)15-9-2-1-8-5-6-22(19,20)12(8)7-9/h1-2,7,10-11H,3-6H2,(H,15,16)(H,17,18)/t10-,11+/m0/s1. The predicted octanol–water partition coefficient (Wildman–Crippen LogP) is 0.587. The second-order valence-electron chi connectivity index (χ2n) is 5.41. The molecule has 2 atom stereocenters. The van der Waals surface area contributed by atoms with Gasteiger partial charge in [-0.1, -0.05) is 6.07 Å². The maximum atomic E-state index is 12.1. The lowest BCUT2D eigenvalue weighted by Gasteiger charge is -2.12. The van der Waals surface area contributed by atoms with Crippen molar-refractivity contribution in [2.24, 2.45) is 0 Å². The summed E-state index contributed by atoms with van der Waals surface area (Å²) in [6.45, 7) is 0. The Morgan fingerprint density at radius 2 is 1.95 bits per heavy atom. The van der Waals surface area contributed by atoms with Crippen molar-refractivity contribution in [1.82, 2.24) is 0 Å². The largest absolute Gasteiger partial charge is 0.479 e. The summed E-state index contributed by atoms with van der Waals surface area (Å²) in [4.78, 5) is 23.1. The molecule has 0 spiro atoms. The normalized spacial score (nSPS) is 25.6. The third-order valence-corrected chi connectivity index (χ3v) is 5.69. The number of ether oxygens (including phenoxy) is 1. The lowest BCUT2D eigenvalue weighted by Crippen LogP contribution is -2.29. The fourth-order valence-electron chi connectivity index (χ4n) is 2.72. The number of carbonyl (C=O) groups excluding carboxylic acids is 1. The van der Waals surface area contributed by atoms with Gasteiger partial charge in [0.1, 0.15) is 6.10 Å². The van der Waals surface area contributed by atoms with Gasteiger partial charge in [0.05, 0.1) is 10.6 Å². The predicted molar refractivity (Wildman–Crippen MR) is 76.4 cm³/mol. The van der Waals surface area contributed by atoms with Gasteiger partial charge in [-0.05, 0) is 37.0 Å². The molecule has 1 aromatic rings. The molecule has 0 saturated carbocycles. The Kier molecular flexibility index (Phi) is 3.65. The van der Waals surface area contributed by atoms with Crippen molar-refractivity contribution in [2.75, 3.05) is 11.1 Å². The molecule has 118 valence electrons. The minimum atomic E-state index is -3.26. The molecule has 2 aliphatic heterocycles. The molecule has 2 aliphatic rings. The molecule has 7 nitrogen and oxygen atoms in total. The topological polar surface area (TPSA) is 110 Å². The molecular weight excluding hydrogens is 310 g/mol. The van der Waals surface area contributed by atoms with Gasteiger partial charge in [-0.25, -0.2) is 13.2 Å². The van der Waals surface area contributed by atoms with Crippen LogP contribution in [-0.4, -0.2) is 43.4 Å². The molecule has 22 heavy (non-hydrogen) atoms. The fraction of sp³-hybridized carbons (Fsp3) is 0.429. The lowest BCUT2D eigenvalue weighted by atomic mass is 10.1. The van der Waals surface area contributed by atoms with Crippen LogP contribution >= 0.6 is 0 Å². The summed E-state index contributed by atoms with van der Waals surface area (Å²) >= 11 is 0. The minimum absolute atomic E-state index is 0.0890. The number of aliphatic carboxylic acids is 1. The van der Waals surface area contributed by atoms with Gasteiger partial charge in [-0.2, -0.15) is 0 Å². The summed E-state index contributed by atoms with van der Waals surface area (Å²) in [5.41, 5.74) is 1.12. The summed E-state index contributed by atoms with van der Waals surface area (Å²) < 4.78 is 28.9. The molecule has 0 aromatic heterocycles. The van der Waals surface area contributed by atoms with E-state index in [1.165, 1.54) is 6.07 Å². The van der Waals surface area contributed by atoms with Crippen molar-refractivity contribution in [1.29, 1.82) is 0 Å². The third-order valence-electron chi connectivity index (χ3n) is 3.90. The van der Waals surface area contributed by atoms with E-state index in [0.29, 0.717) is 18.5 Å². The van der Waals surface area contributed by atoms with Gasteiger partial charge in [0.15, 0.2) is 15.9 Å². The zero-order valence-electron chi connectivity index (χ0n) is 11.6. The first kappa shape index (κ1) is 15.0. The Morgan fingerprint density at radius 3 is 2.64 bits per heavy atom. The molecule has 0 bridgehead atoms. The number of nitrogens with one attached hydrogen (secondary N) is 1. The Hall–Kier alpha value is -1.93. The third kappa shape index (κ3) is 2.71. The number of anilines is 1. The number of amides is 1. The smallest absolute Gasteiger partial charge is 0.332 e. The molecule has 1 amide bonds. The van der Waals surface area contributed by atoms with Gasteiger partial charge in [-0.15, -0.1) is 0 Å². The summed E-state index contributed by atoms with van der Waals surface area (Å²) in [7, 11) is -3.26. The number of carboxylic acid groups (broad SMARTS) is 1. The van der Waals surface area contributed by atoms with Crippen LogP contribution in [0.25, 0.3) is 0 Å². The second kappa shape index (κ2) is 5.36. The Balaban J connectivity index is 1.72. The average molecular weight is 325 g/mol.